The molecule has 0 aliphatic carbocycles. The molecule has 26 heavy (non-hydrogen) atoms. The first kappa shape index (κ1) is 17.5. The first-order valence-electron chi connectivity index (χ1n) is 8.87. The molecule has 2 aliphatic rings. The van der Waals surface area contributed by atoms with E-state index in [4.69, 9.17) is 14.0 Å². The second-order valence-electron chi connectivity index (χ2n) is 6.83. The maximum absolute atomic E-state index is 13.8. The van der Waals surface area contributed by atoms with Crippen LogP contribution in [0.3, 0.4) is 0 Å². The van der Waals surface area contributed by atoms with E-state index < -0.39 is 11.6 Å². The van der Waals surface area contributed by atoms with Crippen molar-refractivity contribution in [3.63, 3.8) is 0 Å². The molecule has 2 aromatic rings. The molecule has 0 bridgehead atoms. The first-order valence-corrected chi connectivity index (χ1v) is 8.87. The van der Waals surface area contributed by atoms with Crippen LogP contribution in [0.2, 0.25) is 0 Å². The molecule has 3 heterocycles. The number of halogens is 2. The highest BCUT2D eigenvalue weighted by Gasteiger charge is 2.38. The average molecular weight is 365 g/mol. The van der Waals surface area contributed by atoms with Gasteiger partial charge in [0.25, 0.3) is 5.89 Å². The van der Waals surface area contributed by atoms with E-state index in [1.807, 2.05) is 0 Å². The number of nitrogens with zero attached hydrogens (tertiary/aromatic N) is 2. The van der Waals surface area contributed by atoms with E-state index in [0.29, 0.717) is 19.0 Å². The maximum Gasteiger partial charge on any atom is 0.263 e. The Bertz CT molecular complexity index is 736. The predicted molar refractivity (Wildman–Crippen MR) is 88.2 cm³/mol. The Balaban J connectivity index is 1.39. The zero-order valence-electron chi connectivity index (χ0n) is 14.3. The molecule has 4 rings (SSSR count). The van der Waals surface area contributed by atoms with Crippen molar-refractivity contribution in [2.24, 2.45) is 0 Å². The number of benzene rings is 1. The summed E-state index contributed by atoms with van der Waals surface area (Å²) in [7, 11) is 0. The van der Waals surface area contributed by atoms with E-state index in [1.54, 1.807) is 0 Å². The minimum absolute atomic E-state index is 0.104. The van der Waals surface area contributed by atoms with Gasteiger partial charge >= 0.3 is 0 Å². The van der Waals surface area contributed by atoms with Gasteiger partial charge < -0.3 is 19.3 Å². The molecule has 2 saturated heterocycles. The van der Waals surface area contributed by atoms with E-state index in [1.165, 1.54) is 6.07 Å². The minimum atomic E-state index is -0.723. The molecule has 0 radical (unpaired) electrons. The largest absolute Gasteiger partial charge is 0.381 e. The Labute approximate surface area is 149 Å². The zero-order chi connectivity index (χ0) is 18.0. The molecular weight excluding hydrogens is 344 g/mol. The third-order valence-corrected chi connectivity index (χ3v) is 5.09. The summed E-state index contributed by atoms with van der Waals surface area (Å²) < 4.78 is 44.1. The third kappa shape index (κ3) is 3.62. The lowest BCUT2D eigenvalue weighted by Crippen LogP contribution is -2.49. The molecule has 6 nitrogen and oxygen atoms in total. The van der Waals surface area contributed by atoms with E-state index in [2.05, 4.69) is 15.5 Å². The van der Waals surface area contributed by atoms with E-state index >= 15 is 0 Å². The van der Waals surface area contributed by atoms with Crippen molar-refractivity contribution < 1.29 is 22.8 Å². The summed E-state index contributed by atoms with van der Waals surface area (Å²) >= 11 is 0. The predicted octanol–water partition coefficient (Wildman–Crippen LogP) is 2.83. The molecular formula is C18H21F2N3O3. The number of aromatic nitrogens is 2. The Morgan fingerprint density at radius 3 is 2.69 bits per heavy atom. The topological polar surface area (TPSA) is 69.4 Å². The van der Waals surface area contributed by atoms with Gasteiger partial charge in [-0.2, -0.15) is 4.98 Å². The fourth-order valence-electron chi connectivity index (χ4n) is 3.66. The van der Waals surface area contributed by atoms with Crippen LogP contribution in [0.4, 0.5) is 8.78 Å². The molecule has 2 aliphatic heterocycles. The van der Waals surface area contributed by atoms with E-state index in [9.17, 15) is 8.78 Å². The summed E-state index contributed by atoms with van der Waals surface area (Å²) in [5.41, 5.74) is -0.397. The number of ether oxygens (including phenoxy) is 2. The van der Waals surface area contributed by atoms with E-state index in [0.717, 1.165) is 51.0 Å². The van der Waals surface area contributed by atoms with Crippen LogP contribution < -0.4 is 5.32 Å². The average Bonchev–Trinajstić information content (AvgIpc) is 3.09. The lowest BCUT2D eigenvalue weighted by Gasteiger charge is -2.43. The smallest absolute Gasteiger partial charge is 0.263 e. The van der Waals surface area contributed by atoms with Gasteiger partial charge in [-0.25, -0.2) is 8.78 Å². The van der Waals surface area contributed by atoms with Gasteiger partial charge in [0, 0.05) is 25.9 Å². The molecule has 1 aromatic carbocycles. The lowest BCUT2D eigenvalue weighted by atomic mass is 9.84. The fraction of sp³-hybridized carbons (Fsp3) is 0.556. The Kier molecular flexibility index (Phi) is 4.97. The van der Waals surface area contributed by atoms with Crippen LogP contribution in [-0.4, -0.2) is 41.6 Å². The highest BCUT2D eigenvalue weighted by molar-refractivity contribution is 5.54. The normalized spacial score (nSPS) is 22.6. The summed E-state index contributed by atoms with van der Waals surface area (Å²) in [6.07, 6.45) is 3.62. The molecule has 0 unspecified atom stereocenters. The van der Waals surface area contributed by atoms with Gasteiger partial charge in [0.1, 0.15) is 17.2 Å². The van der Waals surface area contributed by atoms with Crippen molar-refractivity contribution in [2.45, 2.75) is 43.9 Å². The number of hydrogen-bond acceptors (Lipinski definition) is 6. The van der Waals surface area contributed by atoms with Crippen molar-refractivity contribution in [3.05, 3.63) is 35.7 Å². The molecule has 1 spiro atoms. The van der Waals surface area contributed by atoms with Gasteiger partial charge in [0.05, 0.1) is 12.1 Å². The molecule has 0 saturated carbocycles. The number of nitrogens with one attached hydrogen (secondary N) is 1. The second-order valence-corrected chi connectivity index (χ2v) is 6.83. The van der Waals surface area contributed by atoms with Crippen LogP contribution in [0, 0.1) is 11.6 Å². The second kappa shape index (κ2) is 7.38. The van der Waals surface area contributed by atoms with Gasteiger partial charge in [0.2, 0.25) is 0 Å². The summed E-state index contributed by atoms with van der Waals surface area (Å²) in [4.78, 5) is 4.12. The maximum atomic E-state index is 13.8. The van der Waals surface area contributed by atoms with Gasteiger partial charge in [-0.15, -0.1) is 0 Å². The van der Waals surface area contributed by atoms with Crippen LogP contribution >= 0.6 is 0 Å². The van der Waals surface area contributed by atoms with Crippen LogP contribution in [0.15, 0.2) is 22.7 Å². The zero-order valence-corrected chi connectivity index (χ0v) is 14.3. The van der Waals surface area contributed by atoms with Crippen molar-refractivity contribution in [1.29, 1.82) is 0 Å². The third-order valence-electron chi connectivity index (χ3n) is 5.09. The minimum Gasteiger partial charge on any atom is -0.381 e. The number of hydrogen-bond donors (Lipinski definition) is 1. The summed E-state index contributed by atoms with van der Waals surface area (Å²) in [5.74, 6) is -1.22. The van der Waals surface area contributed by atoms with Gasteiger partial charge in [-0.1, -0.05) is 11.2 Å². The van der Waals surface area contributed by atoms with Crippen molar-refractivity contribution in [2.75, 3.05) is 19.8 Å². The molecule has 140 valence electrons. The molecule has 8 heteroatoms. The van der Waals surface area contributed by atoms with Gasteiger partial charge in [-0.3, -0.25) is 0 Å². The summed E-state index contributed by atoms with van der Waals surface area (Å²) in [6.45, 7) is 2.54. The first-order chi connectivity index (χ1) is 12.7. The van der Waals surface area contributed by atoms with Crippen LogP contribution in [0.1, 0.15) is 31.5 Å². The number of rotatable bonds is 4. The van der Waals surface area contributed by atoms with Crippen molar-refractivity contribution >= 4 is 0 Å². The molecule has 2 fully saturated rings. The summed E-state index contributed by atoms with van der Waals surface area (Å²) in [6, 6.07) is 3.89. The lowest BCUT2D eigenvalue weighted by molar-refractivity contribution is -0.140. The van der Waals surface area contributed by atoms with Crippen LogP contribution in [-0.2, 0) is 16.0 Å². The highest BCUT2D eigenvalue weighted by atomic mass is 19.1. The van der Waals surface area contributed by atoms with Gasteiger partial charge in [0.15, 0.2) is 5.82 Å². The molecule has 0 amide bonds. The fourth-order valence-corrected chi connectivity index (χ4v) is 3.66. The van der Waals surface area contributed by atoms with Crippen molar-refractivity contribution in [3.8, 4) is 11.5 Å². The monoisotopic (exact) mass is 365 g/mol. The van der Waals surface area contributed by atoms with Crippen LogP contribution in [0.5, 0.6) is 0 Å². The van der Waals surface area contributed by atoms with Crippen molar-refractivity contribution in [1.82, 2.24) is 15.5 Å². The standard InChI is InChI=1S/C18H21F2N3O3/c19-13-2-1-3-14(20)16(13)17-22-15(23-26-17)11-21-12-4-7-25-18(10-12)5-8-24-9-6-18/h1-3,12,21H,4-11H2/t12-/m1/s1. The van der Waals surface area contributed by atoms with Crippen LogP contribution in [0.25, 0.3) is 11.5 Å². The highest BCUT2D eigenvalue weighted by Crippen LogP contribution is 2.34. The SMILES string of the molecule is Fc1cccc(F)c1-c1nc(CN[C@@H]2CCOC3(CCOCC3)C2)no1. The quantitative estimate of drug-likeness (QED) is 0.899. The summed E-state index contributed by atoms with van der Waals surface area (Å²) in [5, 5.41) is 7.24. The van der Waals surface area contributed by atoms with E-state index in [-0.39, 0.29) is 23.1 Å². The van der Waals surface area contributed by atoms with Gasteiger partial charge in [-0.05, 0) is 37.8 Å². The molecule has 1 aromatic heterocycles. The molecule has 1 N–H and O–H groups in total. The Hall–Kier alpha value is -1.90. The Morgan fingerprint density at radius 2 is 1.92 bits per heavy atom. The Morgan fingerprint density at radius 1 is 1.15 bits per heavy atom. The molecule has 1 atom stereocenters.